The van der Waals surface area contributed by atoms with E-state index in [2.05, 4.69) is 10.3 Å². The fraction of sp³-hybridized carbons (Fsp3) is 0.412. The fourth-order valence-corrected chi connectivity index (χ4v) is 2.76. The first-order valence-corrected chi connectivity index (χ1v) is 7.75. The van der Waals surface area contributed by atoms with Crippen LogP contribution in [0.3, 0.4) is 0 Å². The number of carbonyl (C=O) groups is 1. The molecule has 1 fully saturated rings. The molecule has 0 saturated heterocycles. The number of rotatable bonds is 5. The average molecular weight is 299 g/mol. The van der Waals surface area contributed by atoms with Gasteiger partial charge >= 0.3 is 0 Å². The molecule has 22 heavy (non-hydrogen) atoms. The Bertz CT molecular complexity index is 653. The van der Waals surface area contributed by atoms with Crippen molar-refractivity contribution in [1.29, 1.82) is 0 Å². The maximum atomic E-state index is 12.1. The van der Waals surface area contributed by atoms with Gasteiger partial charge in [-0.15, -0.1) is 0 Å². The summed E-state index contributed by atoms with van der Waals surface area (Å²) in [6, 6.07) is 8.79. The van der Waals surface area contributed by atoms with Gasteiger partial charge in [0.1, 0.15) is 6.04 Å². The fourth-order valence-electron chi connectivity index (χ4n) is 2.76. The van der Waals surface area contributed by atoms with E-state index in [0.29, 0.717) is 0 Å². The summed E-state index contributed by atoms with van der Waals surface area (Å²) in [4.78, 5) is 16.4. The van der Waals surface area contributed by atoms with Crippen LogP contribution >= 0.6 is 0 Å². The molecule has 3 N–H and O–H groups in total. The second-order valence-corrected chi connectivity index (χ2v) is 5.75. The van der Waals surface area contributed by atoms with Crippen molar-refractivity contribution in [3.8, 4) is 0 Å². The van der Waals surface area contributed by atoms with Gasteiger partial charge in [0.2, 0.25) is 5.91 Å². The van der Waals surface area contributed by atoms with Gasteiger partial charge in [-0.25, -0.2) is 0 Å². The second-order valence-electron chi connectivity index (χ2n) is 5.75. The topological polar surface area (TPSA) is 77.2 Å². The van der Waals surface area contributed by atoms with E-state index in [4.69, 9.17) is 10.5 Å². The lowest BCUT2D eigenvalue weighted by atomic mass is 10.2. The summed E-state index contributed by atoms with van der Waals surface area (Å²) in [5.41, 5.74) is 7.53. The van der Waals surface area contributed by atoms with Crippen LogP contribution in [0.2, 0.25) is 0 Å². The van der Waals surface area contributed by atoms with Gasteiger partial charge in [-0.1, -0.05) is 18.9 Å². The molecule has 1 amide bonds. The highest BCUT2D eigenvalue weighted by molar-refractivity contribution is 5.96. The van der Waals surface area contributed by atoms with E-state index in [0.717, 1.165) is 29.4 Å². The molecule has 0 aliphatic heterocycles. The Hall–Kier alpha value is -1.98. The molecule has 0 radical (unpaired) electrons. The number of hydrogen-bond acceptors (Lipinski definition) is 4. The Labute approximate surface area is 129 Å². The normalized spacial score (nSPS) is 16.8. The molecule has 116 valence electrons. The molecule has 3 rings (SSSR count). The number of nitrogens with two attached hydrogens (primary N) is 1. The number of ether oxygens (including phenoxy) is 1. The molecule has 5 heteroatoms. The highest BCUT2D eigenvalue weighted by Gasteiger charge is 2.19. The maximum absolute atomic E-state index is 12.1. The number of hydrogen-bond donors (Lipinski definition) is 2. The van der Waals surface area contributed by atoms with Crippen LogP contribution in [0, 0.1) is 0 Å². The van der Waals surface area contributed by atoms with Crippen molar-refractivity contribution in [3.05, 3.63) is 36.5 Å². The van der Waals surface area contributed by atoms with Crippen molar-refractivity contribution < 1.29 is 9.53 Å². The summed E-state index contributed by atoms with van der Waals surface area (Å²) in [5, 5.41) is 3.82. The van der Waals surface area contributed by atoms with Gasteiger partial charge in [-0.05, 0) is 37.1 Å². The molecular weight excluding hydrogens is 278 g/mol. The summed E-state index contributed by atoms with van der Waals surface area (Å²) < 4.78 is 5.70. The Morgan fingerprint density at radius 1 is 1.36 bits per heavy atom. The lowest BCUT2D eigenvalue weighted by Crippen LogP contribution is -2.40. The Balaban J connectivity index is 1.57. The largest absolute Gasteiger partial charge is 0.376 e. The van der Waals surface area contributed by atoms with Crippen LogP contribution in [0.25, 0.3) is 10.9 Å². The van der Waals surface area contributed by atoms with E-state index in [1.54, 1.807) is 6.20 Å². The van der Waals surface area contributed by atoms with Crippen molar-refractivity contribution in [2.45, 2.75) is 37.8 Å². The molecule has 0 unspecified atom stereocenters. The van der Waals surface area contributed by atoms with E-state index in [9.17, 15) is 4.79 Å². The monoisotopic (exact) mass is 299 g/mol. The number of amides is 1. The van der Waals surface area contributed by atoms with Crippen LogP contribution in [0.4, 0.5) is 5.69 Å². The maximum Gasteiger partial charge on any atom is 0.243 e. The summed E-state index contributed by atoms with van der Waals surface area (Å²) in [6.45, 7) is 0.269. The molecule has 1 aliphatic carbocycles. The predicted molar refractivity (Wildman–Crippen MR) is 86.6 cm³/mol. The lowest BCUT2D eigenvalue weighted by Gasteiger charge is -2.16. The predicted octanol–water partition coefficient (Wildman–Crippen LogP) is 2.46. The number of nitrogens with zero attached hydrogens (tertiary/aromatic N) is 1. The molecule has 0 spiro atoms. The zero-order chi connectivity index (χ0) is 15.4. The van der Waals surface area contributed by atoms with Crippen LogP contribution in [0.15, 0.2) is 36.5 Å². The van der Waals surface area contributed by atoms with Crippen LogP contribution in [0.5, 0.6) is 0 Å². The van der Waals surface area contributed by atoms with Gasteiger partial charge < -0.3 is 15.8 Å². The average Bonchev–Trinajstić information content (AvgIpc) is 3.06. The van der Waals surface area contributed by atoms with Crippen molar-refractivity contribution >= 4 is 22.5 Å². The highest BCUT2D eigenvalue weighted by Crippen LogP contribution is 2.21. The molecule has 5 nitrogen and oxygen atoms in total. The van der Waals surface area contributed by atoms with Crippen molar-refractivity contribution in [3.63, 3.8) is 0 Å². The smallest absolute Gasteiger partial charge is 0.243 e. The van der Waals surface area contributed by atoms with Crippen LogP contribution in [0.1, 0.15) is 25.7 Å². The van der Waals surface area contributed by atoms with Gasteiger partial charge in [-0.3, -0.25) is 9.78 Å². The highest BCUT2D eigenvalue weighted by atomic mass is 16.5. The van der Waals surface area contributed by atoms with E-state index in [1.165, 1.54) is 12.8 Å². The number of benzene rings is 1. The summed E-state index contributed by atoms with van der Waals surface area (Å²) >= 11 is 0. The Kier molecular flexibility index (Phi) is 4.65. The Morgan fingerprint density at radius 2 is 2.18 bits per heavy atom. The number of nitrogens with one attached hydrogen (secondary N) is 1. The first-order chi connectivity index (χ1) is 10.7. The zero-order valence-corrected chi connectivity index (χ0v) is 12.5. The number of anilines is 1. The third kappa shape index (κ3) is 3.61. The molecule has 2 aromatic rings. The summed E-state index contributed by atoms with van der Waals surface area (Å²) in [6.07, 6.45) is 6.58. The van der Waals surface area contributed by atoms with Crippen molar-refractivity contribution in [2.24, 2.45) is 5.73 Å². The van der Waals surface area contributed by atoms with Crippen molar-refractivity contribution in [1.82, 2.24) is 4.98 Å². The van der Waals surface area contributed by atoms with Crippen LogP contribution < -0.4 is 11.1 Å². The molecule has 1 heterocycles. The minimum absolute atomic E-state index is 0.221. The number of fused-ring (bicyclic) bond motifs is 1. The zero-order valence-electron chi connectivity index (χ0n) is 12.5. The SMILES string of the molecule is N[C@@H](COC1CCCC1)C(=O)Nc1ccc2ncccc2c1. The number of aromatic nitrogens is 1. The number of carbonyl (C=O) groups excluding carboxylic acids is 1. The first-order valence-electron chi connectivity index (χ1n) is 7.75. The van der Waals surface area contributed by atoms with Gasteiger partial charge in [0, 0.05) is 17.3 Å². The van der Waals surface area contributed by atoms with Gasteiger partial charge in [0.05, 0.1) is 18.2 Å². The van der Waals surface area contributed by atoms with E-state index in [1.807, 2.05) is 30.3 Å². The minimum atomic E-state index is -0.648. The standard InChI is InChI=1S/C17H21N3O2/c18-15(11-22-14-5-1-2-6-14)17(21)20-13-7-8-16-12(10-13)4-3-9-19-16/h3-4,7-10,14-15H,1-2,5-6,11,18H2,(H,20,21)/t15-/m0/s1. The van der Waals surface area contributed by atoms with Gasteiger partial charge in [0.25, 0.3) is 0 Å². The third-order valence-corrected chi connectivity index (χ3v) is 4.02. The second kappa shape index (κ2) is 6.85. The van der Waals surface area contributed by atoms with Crippen molar-refractivity contribution in [2.75, 3.05) is 11.9 Å². The number of pyridine rings is 1. The van der Waals surface area contributed by atoms with Gasteiger partial charge in [0.15, 0.2) is 0 Å². The van der Waals surface area contributed by atoms with E-state index < -0.39 is 6.04 Å². The minimum Gasteiger partial charge on any atom is -0.376 e. The molecule has 0 bridgehead atoms. The molecular formula is C17H21N3O2. The molecule has 1 aromatic carbocycles. The molecule has 1 aliphatic rings. The molecule has 1 aromatic heterocycles. The van der Waals surface area contributed by atoms with E-state index >= 15 is 0 Å². The van der Waals surface area contributed by atoms with Crippen LogP contribution in [-0.2, 0) is 9.53 Å². The van der Waals surface area contributed by atoms with Crippen LogP contribution in [-0.4, -0.2) is 29.6 Å². The Morgan fingerprint density at radius 3 is 3.00 bits per heavy atom. The van der Waals surface area contributed by atoms with Gasteiger partial charge in [-0.2, -0.15) is 0 Å². The van der Waals surface area contributed by atoms with E-state index in [-0.39, 0.29) is 18.6 Å². The molecule has 1 saturated carbocycles. The summed E-state index contributed by atoms with van der Waals surface area (Å²) in [7, 11) is 0. The first kappa shape index (κ1) is 14.9. The lowest BCUT2D eigenvalue weighted by molar-refractivity contribution is -0.119. The molecule has 1 atom stereocenters. The third-order valence-electron chi connectivity index (χ3n) is 4.02. The summed E-state index contributed by atoms with van der Waals surface area (Å²) in [5.74, 6) is -0.221. The quantitative estimate of drug-likeness (QED) is 0.889.